The van der Waals surface area contributed by atoms with Crippen LogP contribution in [0.3, 0.4) is 0 Å². The van der Waals surface area contributed by atoms with Gasteiger partial charge in [-0.05, 0) is 33.8 Å². The molecule has 0 bridgehead atoms. The van der Waals surface area contributed by atoms with Crippen LogP contribution in [0.4, 0.5) is 0 Å². The lowest BCUT2D eigenvalue weighted by molar-refractivity contribution is 0.0758. The Morgan fingerprint density at radius 1 is 1.50 bits per heavy atom. The molecule has 1 aromatic heterocycles. The van der Waals surface area contributed by atoms with Gasteiger partial charge in [0, 0.05) is 26.2 Å². The first-order chi connectivity index (χ1) is 7.67. The SMILES string of the molecule is CCOC(C)CNCc1cc(C)nn1CC. The topological polar surface area (TPSA) is 39.1 Å². The van der Waals surface area contributed by atoms with Gasteiger partial charge >= 0.3 is 0 Å². The number of rotatable bonds is 7. The average Bonchev–Trinajstić information content (AvgIpc) is 2.59. The second-order valence-corrected chi connectivity index (χ2v) is 3.99. The highest BCUT2D eigenvalue weighted by atomic mass is 16.5. The summed E-state index contributed by atoms with van der Waals surface area (Å²) in [6.45, 7) is 11.7. The number of hydrogen-bond donors (Lipinski definition) is 1. The van der Waals surface area contributed by atoms with Crippen LogP contribution < -0.4 is 5.32 Å². The van der Waals surface area contributed by atoms with Crippen molar-refractivity contribution in [2.24, 2.45) is 0 Å². The van der Waals surface area contributed by atoms with Crippen molar-refractivity contribution in [2.75, 3.05) is 13.2 Å². The fraction of sp³-hybridized carbons (Fsp3) is 0.750. The molecule has 0 amide bonds. The van der Waals surface area contributed by atoms with E-state index in [2.05, 4.69) is 30.3 Å². The third-order valence-corrected chi connectivity index (χ3v) is 2.47. The Labute approximate surface area is 98.0 Å². The molecule has 0 aliphatic heterocycles. The zero-order valence-corrected chi connectivity index (χ0v) is 10.8. The zero-order valence-electron chi connectivity index (χ0n) is 10.8. The van der Waals surface area contributed by atoms with Gasteiger partial charge in [0.05, 0.1) is 17.5 Å². The molecule has 0 spiro atoms. The molecule has 1 aromatic rings. The van der Waals surface area contributed by atoms with Gasteiger partial charge < -0.3 is 10.1 Å². The van der Waals surface area contributed by atoms with Crippen molar-refractivity contribution in [1.29, 1.82) is 0 Å². The number of aromatic nitrogens is 2. The van der Waals surface area contributed by atoms with Gasteiger partial charge in [-0.2, -0.15) is 5.10 Å². The van der Waals surface area contributed by atoms with Crippen molar-refractivity contribution >= 4 is 0 Å². The fourth-order valence-corrected chi connectivity index (χ4v) is 1.76. The minimum absolute atomic E-state index is 0.268. The van der Waals surface area contributed by atoms with Crippen molar-refractivity contribution in [1.82, 2.24) is 15.1 Å². The summed E-state index contributed by atoms with van der Waals surface area (Å²) in [6.07, 6.45) is 0.268. The van der Waals surface area contributed by atoms with Gasteiger partial charge in [-0.25, -0.2) is 0 Å². The molecule has 1 heterocycles. The normalized spacial score (nSPS) is 13.0. The summed E-state index contributed by atoms with van der Waals surface area (Å²) < 4.78 is 7.49. The predicted molar refractivity (Wildman–Crippen MR) is 65.4 cm³/mol. The number of nitrogens with one attached hydrogen (secondary N) is 1. The molecule has 0 radical (unpaired) electrons. The van der Waals surface area contributed by atoms with E-state index in [1.165, 1.54) is 5.69 Å². The van der Waals surface area contributed by atoms with Gasteiger partial charge in [-0.15, -0.1) is 0 Å². The minimum Gasteiger partial charge on any atom is -0.377 e. The lowest BCUT2D eigenvalue weighted by atomic mass is 10.3. The lowest BCUT2D eigenvalue weighted by Crippen LogP contribution is -2.27. The van der Waals surface area contributed by atoms with Crippen LogP contribution in [0, 0.1) is 6.92 Å². The van der Waals surface area contributed by atoms with Gasteiger partial charge in [0.15, 0.2) is 0 Å². The predicted octanol–water partition coefficient (Wildman–Crippen LogP) is 1.73. The molecule has 0 fully saturated rings. The van der Waals surface area contributed by atoms with Gasteiger partial charge in [-0.1, -0.05) is 0 Å². The zero-order chi connectivity index (χ0) is 12.0. The first-order valence-corrected chi connectivity index (χ1v) is 6.03. The highest BCUT2D eigenvalue weighted by molar-refractivity contribution is 5.08. The Hall–Kier alpha value is -0.870. The van der Waals surface area contributed by atoms with E-state index >= 15 is 0 Å². The summed E-state index contributed by atoms with van der Waals surface area (Å²) in [5.74, 6) is 0. The Morgan fingerprint density at radius 2 is 2.25 bits per heavy atom. The molecule has 0 saturated heterocycles. The summed E-state index contributed by atoms with van der Waals surface area (Å²) in [5.41, 5.74) is 2.32. The molecule has 1 atom stereocenters. The van der Waals surface area contributed by atoms with E-state index in [4.69, 9.17) is 4.74 Å². The Bertz CT molecular complexity index is 309. The van der Waals surface area contributed by atoms with Crippen LogP contribution >= 0.6 is 0 Å². The van der Waals surface area contributed by atoms with Crippen molar-refractivity contribution < 1.29 is 4.74 Å². The van der Waals surface area contributed by atoms with Crippen LogP contribution in [-0.2, 0) is 17.8 Å². The molecule has 1 unspecified atom stereocenters. The smallest absolute Gasteiger partial charge is 0.0671 e. The number of hydrogen-bond acceptors (Lipinski definition) is 3. The molecule has 4 heteroatoms. The Morgan fingerprint density at radius 3 is 2.88 bits per heavy atom. The maximum absolute atomic E-state index is 5.46. The van der Waals surface area contributed by atoms with Crippen molar-refractivity contribution in [2.45, 2.75) is 46.9 Å². The summed E-state index contributed by atoms with van der Waals surface area (Å²) in [7, 11) is 0. The first kappa shape index (κ1) is 13.2. The van der Waals surface area contributed by atoms with E-state index in [1.807, 2.05) is 18.5 Å². The van der Waals surface area contributed by atoms with E-state index < -0.39 is 0 Å². The van der Waals surface area contributed by atoms with E-state index in [-0.39, 0.29) is 6.10 Å². The van der Waals surface area contributed by atoms with Crippen LogP contribution in [0.1, 0.15) is 32.2 Å². The van der Waals surface area contributed by atoms with Crippen molar-refractivity contribution in [3.63, 3.8) is 0 Å². The quantitative estimate of drug-likeness (QED) is 0.768. The number of nitrogens with zero attached hydrogens (tertiary/aromatic N) is 2. The molecule has 0 saturated carbocycles. The highest BCUT2D eigenvalue weighted by Gasteiger charge is 2.04. The maximum atomic E-state index is 5.46. The Balaban J connectivity index is 2.36. The highest BCUT2D eigenvalue weighted by Crippen LogP contribution is 2.03. The second kappa shape index (κ2) is 6.66. The molecule has 1 N–H and O–H groups in total. The molecule has 16 heavy (non-hydrogen) atoms. The monoisotopic (exact) mass is 225 g/mol. The van der Waals surface area contributed by atoms with E-state index in [1.54, 1.807) is 0 Å². The lowest BCUT2D eigenvalue weighted by Gasteiger charge is -2.12. The molecule has 1 rings (SSSR count). The van der Waals surface area contributed by atoms with Crippen molar-refractivity contribution in [3.8, 4) is 0 Å². The second-order valence-electron chi connectivity index (χ2n) is 3.99. The molecule has 92 valence electrons. The minimum atomic E-state index is 0.268. The van der Waals surface area contributed by atoms with E-state index in [0.29, 0.717) is 0 Å². The van der Waals surface area contributed by atoms with Gasteiger partial charge in [0.25, 0.3) is 0 Å². The molecular weight excluding hydrogens is 202 g/mol. The van der Waals surface area contributed by atoms with Crippen molar-refractivity contribution in [3.05, 3.63) is 17.5 Å². The third-order valence-electron chi connectivity index (χ3n) is 2.47. The van der Waals surface area contributed by atoms with Crippen LogP contribution in [0.2, 0.25) is 0 Å². The maximum Gasteiger partial charge on any atom is 0.0671 e. The average molecular weight is 225 g/mol. The van der Waals surface area contributed by atoms with Crippen LogP contribution in [0.25, 0.3) is 0 Å². The number of aryl methyl sites for hydroxylation is 2. The summed E-state index contributed by atoms with van der Waals surface area (Å²) >= 11 is 0. The van der Waals surface area contributed by atoms with Gasteiger partial charge in [-0.3, -0.25) is 4.68 Å². The molecule has 0 aromatic carbocycles. The summed E-state index contributed by atoms with van der Waals surface area (Å²) in [6, 6.07) is 2.13. The third kappa shape index (κ3) is 3.94. The fourth-order valence-electron chi connectivity index (χ4n) is 1.76. The number of ether oxygens (including phenoxy) is 1. The molecule has 0 aliphatic rings. The van der Waals surface area contributed by atoms with E-state index in [0.717, 1.165) is 31.9 Å². The molecule has 4 nitrogen and oxygen atoms in total. The van der Waals surface area contributed by atoms with Crippen LogP contribution in [0.5, 0.6) is 0 Å². The Kier molecular flexibility index (Phi) is 5.49. The molecule has 0 aliphatic carbocycles. The first-order valence-electron chi connectivity index (χ1n) is 6.03. The van der Waals surface area contributed by atoms with Crippen LogP contribution in [-0.4, -0.2) is 29.0 Å². The largest absolute Gasteiger partial charge is 0.377 e. The molecular formula is C12H23N3O. The van der Waals surface area contributed by atoms with Gasteiger partial charge in [0.2, 0.25) is 0 Å². The van der Waals surface area contributed by atoms with Gasteiger partial charge in [0.1, 0.15) is 0 Å². The summed E-state index contributed by atoms with van der Waals surface area (Å²) in [4.78, 5) is 0. The van der Waals surface area contributed by atoms with Crippen LogP contribution in [0.15, 0.2) is 6.07 Å². The van der Waals surface area contributed by atoms with E-state index in [9.17, 15) is 0 Å². The standard InChI is InChI=1S/C12H23N3O/c1-5-15-12(7-10(3)14-15)9-13-8-11(4)16-6-2/h7,11,13H,5-6,8-9H2,1-4H3. The summed E-state index contributed by atoms with van der Waals surface area (Å²) in [5, 5.41) is 7.80.